The number of thioether (sulfide) groups is 1. The number of pyridine rings is 1. The van der Waals surface area contributed by atoms with Crippen molar-refractivity contribution in [2.24, 2.45) is 0 Å². The van der Waals surface area contributed by atoms with E-state index in [9.17, 15) is 10.5 Å². The summed E-state index contributed by atoms with van der Waals surface area (Å²) in [7, 11) is 0. The van der Waals surface area contributed by atoms with E-state index in [0.29, 0.717) is 63.2 Å². The van der Waals surface area contributed by atoms with Crippen LogP contribution in [-0.2, 0) is 10.5 Å². The first kappa shape index (κ1) is 25.6. The molecule has 0 saturated carbocycles. The standard InChI is InChI=1S/C28H22ClN5O3S/c1-16-24(33-27(36-16)18-2-6-19(29)7-3-18)15-38-28-23(13-31)25(22(12-30)26(32)34-28)17-4-8-20(9-5-17)37-21-10-11-35-14-21/h2-9,21H,10-11,14-15H2,1H3,(H2,32,34). The Morgan fingerprint density at radius 2 is 1.76 bits per heavy atom. The van der Waals surface area contributed by atoms with Crippen LogP contribution in [-0.4, -0.2) is 29.3 Å². The van der Waals surface area contributed by atoms with Crippen LogP contribution in [0.4, 0.5) is 5.82 Å². The molecule has 4 aromatic rings. The lowest BCUT2D eigenvalue weighted by Gasteiger charge is -2.15. The van der Waals surface area contributed by atoms with Gasteiger partial charge in [0, 0.05) is 28.3 Å². The highest BCUT2D eigenvalue weighted by Gasteiger charge is 2.22. The average molecular weight is 544 g/mol. The lowest BCUT2D eigenvalue weighted by Crippen LogP contribution is -2.15. The molecule has 0 amide bonds. The van der Waals surface area contributed by atoms with E-state index in [1.54, 1.807) is 12.1 Å². The topological polar surface area (TPSA) is 131 Å². The van der Waals surface area contributed by atoms with Crippen LogP contribution in [0, 0.1) is 29.6 Å². The Balaban J connectivity index is 1.43. The minimum Gasteiger partial charge on any atom is -0.488 e. The Hall–Kier alpha value is -4.02. The molecule has 5 rings (SSSR count). The second-order valence-corrected chi connectivity index (χ2v) is 10.00. The Morgan fingerprint density at radius 3 is 2.42 bits per heavy atom. The van der Waals surface area contributed by atoms with Crippen molar-refractivity contribution in [2.75, 3.05) is 18.9 Å². The molecule has 190 valence electrons. The number of ether oxygens (including phenoxy) is 2. The zero-order chi connectivity index (χ0) is 26.6. The van der Waals surface area contributed by atoms with Crippen LogP contribution in [0.3, 0.4) is 0 Å². The van der Waals surface area contributed by atoms with Crippen LogP contribution in [0.5, 0.6) is 5.75 Å². The van der Waals surface area contributed by atoms with Gasteiger partial charge in [0.25, 0.3) is 0 Å². The number of rotatable bonds is 7. The lowest BCUT2D eigenvalue weighted by molar-refractivity contribution is 0.141. The SMILES string of the molecule is Cc1oc(-c2ccc(Cl)cc2)nc1CSc1nc(N)c(C#N)c(-c2ccc(OC3CCOC3)cc2)c1C#N. The Labute approximate surface area is 229 Å². The molecule has 0 spiro atoms. The van der Waals surface area contributed by atoms with Crippen LogP contribution in [0.25, 0.3) is 22.6 Å². The van der Waals surface area contributed by atoms with Crippen LogP contribution in [0.15, 0.2) is 58.0 Å². The zero-order valence-corrected chi connectivity index (χ0v) is 22.0. The molecular formula is C28H22ClN5O3S. The molecule has 8 nitrogen and oxygen atoms in total. The van der Waals surface area contributed by atoms with Gasteiger partial charge < -0.3 is 19.6 Å². The smallest absolute Gasteiger partial charge is 0.226 e. The number of nitrogens with zero attached hydrogens (tertiary/aromatic N) is 4. The maximum Gasteiger partial charge on any atom is 0.226 e. The first-order chi connectivity index (χ1) is 18.5. The normalized spacial score (nSPS) is 14.7. The number of hydrogen-bond donors (Lipinski definition) is 1. The highest BCUT2D eigenvalue weighted by Crippen LogP contribution is 2.38. The maximum absolute atomic E-state index is 10.1. The summed E-state index contributed by atoms with van der Waals surface area (Å²) in [5.74, 6) is 2.29. The van der Waals surface area contributed by atoms with Crippen LogP contribution >= 0.6 is 23.4 Å². The van der Waals surface area contributed by atoms with Crippen molar-refractivity contribution >= 4 is 29.2 Å². The molecule has 1 fully saturated rings. The molecule has 2 aromatic heterocycles. The fraction of sp³-hybridized carbons (Fsp3) is 0.214. The molecule has 10 heteroatoms. The lowest BCUT2D eigenvalue weighted by atomic mass is 9.97. The third kappa shape index (κ3) is 5.32. The number of anilines is 1. The fourth-order valence-electron chi connectivity index (χ4n) is 4.10. The largest absolute Gasteiger partial charge is 0.488 e. The number of hydrogen-bond acceptors (Lipinski definition) is 9. The highest BCUT2D eigenvalue weighted by molar-refractivity contribution is 7.98. The molecule has 0 bridgehead atoms. The van der Waals surface area contributed by atoms with Crippen molar-refractivity contribution in [3.05, 3.63) is 76.1 Å². The molecule has 1 saturated heterocycles. The van der Waals surface area contributed by atoms with Crippen molar-refractivity contribution in [3.8, 4) is 40.5 Å². The highest BCUT2D eigenvalue weighted by atomic mass is 35.5. The van der Waals surface area contributed by atoms with Crippen LogP contribution in [0.2, 0.25) is 5.02 Å². The van der Waals surface area contributed by atoms with Gasteiger partial charge in [-0.05, 0) is 48.9 Å². The van der Waals surface area contributed by atoms with Crippen LogP contribution in [0.1, 0.15) is 29.0 Å². The van der Waals surface area contributed by atoms with Gasteiger partial charge in [-0.2, -0.15) is 10.5 Å². The molecule has 0 radical (unpaired) electrons. The molecule has 1 unspecified atom stereocenters. The van der Waals surface area contributed by atoms with Gasteiger partial charge in [-0.1, -0.05) is 35.5 Å². The van der Waals surface area contributed by atoms with E-state index in [-0.39, 0.29) is 23.0 Å². The van der Waals surface area contributed by atoms with Gasteiger partial charge in [0.15, 0.2) is 0 Å². The number of nitriles is 2. The summed E-state index contributed by atoms with van der Waals surface area (Å²) in [5, 5.41) is 21.0. The van der Waals surface area contributed by atoms with Gasteiger partial charge in [-0.3, -0.25) is 0 Å². The second-order valence-electron chi connectivity index (χ2n) is 8.60. The van der Waals surface area contributed by atoms with E-state index in [1.165, 1.54) is 11.8 Å². The summed E-state index contributed by atoms with van der Waals surface area (Å²) in [6, 6.07) is 18.8. The second kappa shape index (κ2) is 11.2. The molecule has 2 N–H and O–H groups in total. The van der Waals surface area contributed by atoms with E-state index < -0.39 is 0 Å². The predicted molar refractivity (Wildman–Crippen MR) is 145 cm³/mol. The van der Waals surface area contributed by atoms with Crippen molar-refractivity contribution in [1.82, 2.24) is 9.97 Å². The van der Waals surface area contributed by atoms with Gasteiger partial charge >= 0.3 is 0 Å². The Bertz CT molecular complexity index is 1550. The van der Waals surface area contributed by atoms with Crippen molar-refractivity contribution in [1.29, 1.82) is 10.5 Å². The number of oxazole rings is 1. The van der Waals surface area contributed by atoms with E-state index in [2.05, 4.69) is 22.1 Å². The zero-order valence-electron chi connectivity index (χ0n) is 20.4. The minimum atomic E-state index is 0.0185. The molecule has 2 aromatic carbocycles. The quantitative estimate of drug-likeness (QED) is 0.272. The summed E-state index contributed by atoms with van der Waals surface area (Å²) in [5.41, 5.74) is 9.26. The summed E-state index contributed by atoms with van der Waals surface area (Å²) < 4.78 is 17.2. The van der Waals surface area contributed by atoms with E-state index in [4.69, 9.17) is 31.2 Å². The van der Waals surface area contributed by atoms with E-state index >= 15 is 0 Å². The number of aromatic nitrogens is 2. The fourth-order valence-corrected chi connectivity index (χ4v) is 5.23. The van der Waals surface area contributed by atoms with Crippen molar-refractivity contribution in [3.63, 3.8) is 0 Å². The third-order valence-corrected chi connectivity index (χ3v) is 7.32. The van der Waals surface area contributed by atoms with Crippen molar-refractivity contribution < 1.29 is 13.9 Å². The summed E-state index contributed by atoms with van der Waals surface area (Å²) in [6.45, 7) is 3.08. The van der Waals surface area contributed by atoms with Gasteiger partial charge in [-0.25, -0.2) is 9.97 Å². The molecule has 1 atom stereocenters. The monoisotopic (exact) mass is 543 g/mol. The van der Waals surface area contributed by atoms with Gasteiger partial charge in [0.2, 0.25) is 5.89 Å². The van der Waals surface area contributed by atoms with Crippen molar-refractivity contribution in [2.45, 2.75) is 30.2 Å². The first-order valence-corrected chi connectivity index (χ1v) is 13.2. The first-order valence-electron chi connectivity index (χ1n) is 11.8. The summed E-state index contributed by atoms with van der Waals surface area (Å²) >= 11 is 7.30. The van der Waals surface area contributed by atoms with Crippen LogP contribution < -0.4 is 10.5 Å². The minimum absolute atomic E-state index is 0.0185. The average Bonchev–Trinajstić information content (AvgIpc) is 3.57. The molecule has 0 aliphatic carbocycles. The molecule has 1 aliphatic heterocycles. The molecule has 3 heterocycles. The molecular weight excluding hydrogens is 522 g/mol. The van der Waals surface area contributed by atoms with Gasteiger partial charge in [0.05, 0.1) is 24.5 Å². The number of aryl methyl sites for hydroxylation is 1. The summed E-state index contributed by atoms with van der Waals surface area (Å²) in [6.07, 6.45) is 0.858. The number of nitrogen functional groups attached to an aromatic ring is 1. The van der Waals surface area contributed by atoms with Gasteiger partial charge in [0.1, 0.15) is 46.2 Å². The van der Waals surface area contributed by atoms with E-state index in [0.717, 1.165) is 12.0 Å². The molecule has 1 aliphatic rings. The predicted octanol–water partition coefficient (Wildman–Crippen LogP) is 6.15. The number of benzene rings is 2. The maximum atomic E-state index is 10.1. The van der Waals surface area contributed by atoms with Gasteiger partial charge in [-0.15, -0.1) is 0 Å². The Kier molecular flexibility index (Phi) is 7.52. The number of nitrogens with two attached hydrogens (primary N) is 1. The summed E-state index contributed by atoms with van der Waals surface area (Å²) in [4.78, 5) is 9.01. The Morgan fingerprint density at radius 1 is 1.05 bits per heavy atom. The van der Waals surface area contributed by atoms with E-state index in [1.807, 2.05) is 43.3 Å². The molecule has 38 heavy (non-hydrogen) atoms. The third-order valence-electron chi connectivity index (χ3n) is 6.08. The number of halogens is 1.